The standard InChI is InChI=1S/C33H43N3O5S/c1-7-29(33(38)34-21-24(3)4)35(22-27-14-10-9-13-26(27)6)32(37)23-36(30-15-11-12-16-31(30)41-8-2)42(39,40)28-19-17-25(5)18-20-28/h9-20,24,29H,7-8,21-23H2,1-6H3,(H,34,38). The first kappa shape index (κ1) is 32.7. The molecule has 0 aliphatic heterocycles. The van der Waals surface area contributed by atoms with Crippen LogP contribution in [0.15, 0.2) is 77.7 Å². The van der Waals surface area contributed by atoms with Gasteiger partial charge in [0.15, 0.2) is 0 Å². The predicted molar refractivity (Wildman–Crippen MR) is 167 cm³/mol. The number of sulfonamides is 1. The number of hydrogen-bond acceptors (Lipinski definition) is 5. The van der Waals surface area contributed by atoms with E-state index in [2.05, 4.69) is 5.32 Å². The van der Waals surface area contributed by atoms with Crippen LogP contribution >= 0.6 is 0 Å². The largest absolute Gasteiger partial charge is 0.492 e. The van der Waals surface area contributed by atoms with E-state index in [1.807, 2.05) is 65.8 Å². The molecule has 0 fully saturated rings. The number of anilines is 1. The molecule has 0 aromatic heterocycles. The van der Waals surface area contributed by atoms with Crippen LogP contribution in [0.25, 0.3) is 0 Å². The topological polar surface area (TPSA) is 96.0 Å². The minimum Gasteiger partial charge on any atom is -0.492 e. The molecular weight excluding hydrogens is 550 g/mol. The first-order valence-corrected chi connectivity index (χ1v) is 15.9. The smallest absolute Gasteiger partial charge is 0.264 e. The van der Waals surface area contributed by atoms with Crippen molar-refractivity contribution < 1.29 is 22.7 Å². The van der Waals surface area contributed by atoms with Crippen molar-refractivity contribution in [2.24, 2.45) is 5.92 Å². The summed E-state index contributed by atoms with van der Waals surface area (Å²) in [6.07, 6.45) is 0.363. The Hall–Kier alpha value is -3.85. The highest BCUT2D eigenvalue weighted by Gasteiger charge is 2.35. The molecule has 3 aromatic rings. The summed E-state index contributed by atoms with van der Waals surface area (Å²) in [5.74, 6) is -0.185. The van der Waals surface area contributed by atoms with Crippen LogP contribution in [-0.4, -0.2) is 50.9 Å². The van der Waals surface area contributed by atoms with E-state index in [0.29, 0.717) is 25.3 Å². The van der Waals surface area contributed by atoms with Crippen LogP contribution in [0.1, 0.15) is 50.8 Å². The van der Waals surface area contributed by atoms with Crippen LogP contribution in [0.3, 0.4) is 0 Å². The van der Waals surface area contributed by atoms with Crippen molar-refractivity contribution >= 4 is 27.5 Å². The molecule has 226 valence electrons. The summed E-state index contributed by atoms with van der Waals surface area (Å²) in [7, 11) is -4.19. The Morgan fingerprint density at radius 3 is 2.17 bits per heavy atom. The normalized spacial score (nSPS) is 12.1. The molecule has 42 heavy (non-hydrogen) atoms. The minimum atomic E-state index is -4.19. The Balaban J connectivity index is 2.11. The Morgan fingerprint density at radius 1 is 0.905 bits per heavy atom. The quantitative estimate of drug-likeness (QED) is 0.267. The lowest BCUT2D eigenvalue weighted by atomic mass is 10.1. The fourth-order valence-electron chi connectivity index (χ4n) is 4.60. The molecule has 0 heterocycles. The summed E-state index contributed by atoms with van der Waals surface area (Å²) < 4.78 is 35.2. The lowest BCUT2D eigenvalue weighted by Gasteiger charge is -2.34. The zero-order valence-electron chi connectivity index (χ0n) is 25.5. The van der Waals surface area contributed by atoms with E-state index in [4.69, 9.17) is 4.74 Å². The number of rotatable bonds is 14. The van der Waals surface area contributed by atoms with E-state index in [1.54, 1.807) is 36.4 Å². The Bertz CT molecular complexity index is 1450. The van der Waals surface area contributed by atoms with Gasteiger partial charge in [-0.05, 0) is 68.5 Å². The highest BCUT2D eigenvalue weighted by Crippen LogP contribution is 2.33. The molecule has 0 aliphatic rings. The Labute approximate surface area is 250 Å². The first-order valence-electron chi connectivity index (χ1n) is 14.4. The van der Waals surface area contributed by atoms with Gasteiger partial charge >= 0.3 is 0 Å². The van der Waals surface area contributed by atoms with Crippen LogP contribution in [0.2, 0.25) is 0 Å². The van der Waals surface area contributed by atoms with Gasteiger partial charge in [0, 0.05) is 13.1 Å². The summed E-state index contributed by atoms with van der Waals surface area (Å²) in [6, 6.07) is 20.2. The van der Waals surface area contributed by atoms with Gasteiger partial charge in [-0.3, -0.25) is 13.9 Å². The molecule has 1 N–H and O–H groups in total. The van der Waals surface area contributed by atoms with Gasteiger partial charge in [-0.25, -0.2) is 8.42 Å². The zero-order valence-corrected chi connectivity index (χ0v) is 26.3. The molecule has 9 heteroatoms. The number of carbonyl (C=O) groups is 2. The molecule has 0 radical (unpaired) electrons. The fraction of sp³-hybridized carbons (Fsp3) is 0.394. The van der Waals surface area contributed by atoms with E-state index < -0.39 is 28.5 Å². The molecule has 0 saturated carbocycles. The summed E-state index contributed by atoms with van der Waals surface area (Å²) in [6.45, 7) is 11.9. The van der Waals surface area contributed by atoms with Gasteiger partial charge in [-0.1, -0.05) is 74.9 Å². The number of nitrogens with one attached hydrogen (secondary N) is 1. The molecule has 0 spiro atoms. The molecule has 2 amide bonds. The molecule has 3 aromatic carbocycles. The van der Waals surface area contributed by atoms with Gasteiger partial charge < -0.3 is 15.0 Å². The molecular formula is C33H43N3O5S. The van der Waals surface area contributed by atoms with Crippen molar-refractivity contribution in [2.75, 3.05) is 24.0 Å². The molecule has 0 bridgehead atoms. The number of amides is 2. The Morgan fingerprint density at radius 2 is 1.55 bits per heavy atom. The number of ether oxygens (including phenoxy) is 1. The van der Waals surface area contributed by atoms with E-state index in [9.17, 15) is 18.0 Å². The van der Waals surface area contributed by atoms with E-state index in [0.717, 1.165) is 21.0 Å². The molecule has 1 unspecified atom stereocenters. The molecule has 1 atom stereocenters. The highest BCUT2D eigenvalue weighted by atomic mass is 32.2. The van der Waals surface area contributed by atoms with Crippen molar-refractivity contribution in [1.82, 2.24) is 10.2 Å². The summed E-state index contributed by atoms with van der Waals surface area (Å²) in [4.78, 5) is 29.2. The second kappa shape index (κ2) is 14.9. The van der Waals surface area contributed by atoms with Crippen molar-refractivity contribution in [3.05, 3.63) is 89.5 Å². The Kier molecular flexibility index (Phi) is 11.6. The summed E-state index contributed by atoms with van der Waals surface area (Å²) in [5.41, 5.74) is 3.01. The number of carbonyl (C=O) groups excluding carboxylic acids is 2. The maximum absolute atomic E-state index is 14.3. The van der Waals surface area contributed by atoms with Gasteiger partial charge in [-0.15, -0.1) is 0 Å². The van der Waals surface area contributed by atoms with E-state index in [-0.39, 0.29) is 29.0 Å². The maximum atomic E-state index is 14.3. The lowest BCUT2D eigenvalue weighted by Crippen LogP contribution is -2.52. The third-order valence-corrected chi connectivity index (χ3v) is 8.77. The van der Waals surface area contributed by atoms with Gasteiger partial charge in [0.2, 0.25) is 11.8 Å². The number of aryl methyl sites for hydroxylation is 2. The molecule has 3 rings (SSSR count). The highest BCUT2D eigenvalue weighted by molar-refractivity contribution is 7.92. The summed E-state index contributed by atoms with van der Waals surface area (Å²) >= 11 is 0. The van der Waals surface area contributed by atoms with Crippen molar-refractivity contribution in [2.45, 2.75) is 65.4 Å². The van der Waals surface area contributed by atoms with Crippen LogP contribution < -0.4 is 14.4 Å². The predicted octanol–water partition coefficient (Wildman–Crippen LogP) is 5.48. The molecule has 0 aliphatic carbocycles. The number of para-hydroxylation sites is 2. The summed E-state index contributed by atoms with van der Waals surface area (Å²) in [5, 5.41) is 2.96. The maximum Gasteiger partial charge on any atom is 0.264 e. The number of benzene rings is 3. The van der Waals surface area contributed by atoms with Crippen LogP contribution in [0.5, 0.6) is 5.75 Å². The average molecular weight is 594 g/mol. The van der Waals surface area contributed by atoms with Crippen LogP contribution in [0.4, 0.5) is 5.69 Å². The van der Waals surface area contributed by atoms with Gasteiger partial charge in [0.05, 0.1) is 17.2 Å². The van der Waals surface area contributed by atoms with Crippen LogP contribution in [-0.2, 0) is 26.2 Å². The minimum absolute atomic E-state index is 0.0550. The van der Waals surface area contributed by atoms with Crippen molar-refractivity contribution in [1.29, 1.82) is 0 Å². The fourth-order valence-corrected chi connectivity index (χ4v) is 6.03. The van der Waals surface area contributed by atoms with Gasteiger partial charge in [0.25, 0.3) is 10.0 Å². The van der Waals surface area contributed by atoms with Gasteiger partial charge in [0.1, 0.15) is 18.3 Å². The van der Waals surface area contributed by atoms with E-state index >= 15 is 0 Å². The monoisotopic (exact) mass is 593 g/mol. The van der Waals surface area contributed by atoms with Crippen LogP contribution in [0, 0.1) is 19.8 Å². The van der Waals surface area contributed by atoms with Gasteiger partial charge in [-0.2, -0.15) is 0 Å². The van der Waals surface area contributed by atoms with Crippen molar-refractivity contribution in [3.63, 3.8) is 0 Å². The van der Waals surface area contributed by atoms with E-state index in [1.165, 1.54) is 17.0 Å². The average Bonchev–Trinajstić information content (AvgIpc) is 2.96. The first-order chi connectivity index (χ1) is 20.0. The lowest BCUT2D eigenvalue weighted by molar-refractivity contribution is -0.140. The molecule has 0 saturated heterocycles. The zero-order chi connectivity index (χ0) is 30.9. The third kappa shape index (κ3) is 8.12. The second-order valence-electron chi connectivity index (χ2n) is 10.7. The second-order valence-corrected chi connectivity index (χ2v) is 12.6. The number of nitrogens with zero attached hydrogens (tertiary/aromatic N) is 2. The third-order valence-electron chi connectivity index (χ3n) is 6.99. The number of hydrogen-bond donors (Lipinski definition) is 1. The van der Waals surface area contributed by atoms with Crippen molar-refractivity contribution in [3.8, 4) is 5.75 Å². The SMILES string of the molecule is CCOc1ccccc1N(CC(=O)N(Cc1ccccc1C)C(CC)C(=O)NCC(C)C)S(=O)(=O)c1ccc(C)cc1. The molecule has 8 nitrogen and oxygen atoms in total.